The van der Waals surface area contributed by atoms with Gasteiger partial charge in [0, 0.05) is 34.8 Å². The van der Waals surface area contributed by atoms with Gasteiger partial charge in [-0.3, -0.25) is 10.1 Å². The van der Waals surface area contributed by atoms with Crippen molar-refractivity contribution >= 4 is 27.3 Å². The molecule has 0 unspecified atom stereocenters. The Labute approximate surface area is 125 Å². The maximum absolute atomic E-state index is 13.5. The van der Waals surface area contributed by atoms with Gasteiger partial charge in [-0.15, -0.1) is 0 Å². The van der Waals surface area contributed by atoms with Crippen molar-refractivity contribution in [3.63, 3.8) is 0 Å². The van der Waals surface area contributed by atoms with Crippen molar-refractivity contribution in [2.45, 2.75) is 6.54 Å². The molecule has 0 heterocycles. The molecule has 110 valence electrons. The number of nitro groups is 1. The lowest BCUT2D eigenvalue weighted by atomic mass is 10.1. The predicted molar refractivity (Wildman–Crippen MR) is 74.4 cm³/mol. The molecule has 0 aliphatic rings. The van der Waals surface area contributed by atoms with Gasteiger partial charge in [0.25, 0.3) is 5.69 Å². The lowest BCUT2D eigenvalue weighted by Crippen LogP contribution is -2.06. The molecule has 4 nitrogen and oxygen atoms in total. The van der Waals surface area contributed by atoms with Crippen molar-refractivity contribution in [2.75, 3.05) is 5.32 Å². The fraction of sp³-hybridized carbons (Fsp3) is 0.0769. The number of nitrogens with one attached hydrogen (secondary N) is 1. The SMILES string of the molecule is O=[N+]([O-])c1ccc(Br)cc1CNc1cc(F)cc(F)c1F. The second-order valence-electron chi connectivity index (χ2n) is 4.13. The summed E-state index contributed by atoms with van der Waals surface area (Å²) in [6, 6.07) is 5.44. The van der Waals surface area contributed by atoms with Gasteiger partial charge in [-0.25, -0.2) is 13.2 Å². The van der Waals surface area contributed by atoms with E-state index in [0.717, 1.165) is 6.07 Å². The van der Waals surface area contributed by atoms with Gasteiger partial charge < -0.3 is 5.32 Å². The van der Waals surface area contributed by atoms with E-state index < -0.39 is 28.1 Å². The Bertz CT molecular complexity index is 710. The van der Waals surface area contributed by atoms with E-state index in [-0.39, 0.29) is 17.8 Å². The number of benzene rings is 2. The van der Waals surface area contributed by atoms with E-state index in [4.69, 9.17) is 0 Å². The summed E-state index contributed by atoms with van der Waals surface area (Å²) in [5.41, 5.74) is -0.330. The van der Waals surface area contributed by atoms with Crippen molar-refractivity contribution < 1.29 is 18.1 Å². The zero-order chi connectivity index (χ0) is 15.6. The molecule has 0 radical (unpaired) electrons. The molecule has 0 amide bonds. The summed E-state index contributed by atoms with van der Waals surface area (Å²) in [5, 5.41) is 13.3. The number of nitro benzene ring substituents is 1. The molecule has 0 atom stereocenters. The van der Waals surface area contributed by atoms with Crippen LogP contribution in [0.3, 0.4) is 0 Å². The first-order valence-electron chi connectivity index (χ1n) is 5.69. The molecular formula is C13H8BrF3N2O2. The summed E-state index contributed by atoms with van der Waals surface area (Å²) >= 11 is 3.16. The summed E-state index contributed by atoms with van der Waals surface area (Å²) in [4.78, 5) is 10.3. The van der Waals surface area contributed by atoms with Crippen molar-refractivity contribution in [3.05, 3.63) is 67.9 Å². The van der Waals surface area contributed by atoms with Gasteiger partial charge in [-0.1, -0.05) is 15.9 Å². The Morgan fingerprint density at radius 1 is 1.19 bits per heavy atom. The van der Waals surface area contributed by atoms with E-state index >= 15 is 0 Å². The van der Waals surface area contributed by atoms with Crippen molar-refractivity contribution in [3.8, 4) is 0 Å². The van der Waals surface area contributed by atoms with E-state index in [1.165, 1.54) is 18.2 Å². The number of hydrogen-bond donors (Lipinski definition) is 1. The van der Waals surface area contributed by atoms with Crippen LogP contribution >= 0.6 is 15.9 Å². The van der Waals surface area contributed by atoms with Crippen LogP contribution in [-0.4, -0.2) is 4.92 Å². The minimum atomic E-state index is -1.33. The van der Waals surface area contributed by atoms with Crippen molar-refractivity contribution in [1.29, 1.82) is 0 Å². The first-order chi connectivity index (χ1) is 9.88. The molecule has 0 spiro atoms. The number of halogens is 4. The average Bonchev–Trinajstić information content (AvgIpc) is 2.40. The molecule has 0 aromatic heterocycles. The molecule has 8 heteroatoms. The van der Waals surface area contributed by atoms with Gasteiger partial charge in [0.05, 0.1) is 10.6 Å². The maximum Gasteiger partial charge on any atom is 0.274 e. The number of nitrogens with zero attached hydrogens (tertiary/aromatic N) is 1. The van der Waals surface area contributed by atoms with Crippen LogP contribution in [-0.2, 0) is 6.54 Å². The highest BCUT2D eigenvalue weighted by atomic mass is 79.9. The molecule has 0 saturated carbocycles. The van der Waals surface area contributed by atoms with E-state index in [0.29, 0.717) is 10.5 Å². The normalized spacial score (nSPS) is 10.5. The Kier molecular flexibility index (Phi) is 4.46. The van der Waals surface area contributed by atoms with Crippen LogP contribution in [0.2, 0.25) is 0 Å². The molecule has 0 aliphatic heterocycles. The lowest BCUT2D eigenvalue weighted by Gasteiger charge is -2.09. The second-order valence-corrected chi connectivity index (χ2v) is 5.05. The zero-order valence-corrected chi connectivity index (χ0v) is 12.0. The summed E-state index contributed by atoms with van der Waals surface area (Å²) in [6.45, 7) is -0.157. The topological polar surface area (TPSA) is 55.2 Å². The molecule has 21 heavy (non-hydrogen) atoms. The van der Waals surface area contributed by atoms with Crippen LogP contribution in [0.25, 0.3) is 0 Å². The first-order valence-corrected chi connectivity index (χ1v) is 6.49. The molecule has 2 aromatic rings. The second kappa shape index (κ2) is 6.13. The Hall–Kier alpha value is -2.09. The molecule has 0 aliphatic carbocycles. The largest absolute Gasteiger partial charge is 0.378 e. The molecule has 0 fully saturated rings. The zero-order valence-electron chi connectivity index (χ0n) is 10.4. The highest BCUT2D eigenvalue weighted by Gasteiger charge is 2.15. The smallest absolute Gasteiger partial charge is 0.274 e. The van der Waals surface area contributed by atoms with E-state index in [2.05, 4.69) is 21.2 Å². The van der Waals surface area contributed by atoms with Crippen LogP contribution in [0.1, 0.15) is 5.56 Å². The monoisotopic (exact) mass is 360 g/mol. The molecule has 2 aromatic carbocycles. The highest BCUT2D eigenvalue weighted by Crippen LogP contribution is 2.25. The van der Waals surface area contributed by atoms with E-state index in [1.54, 1.807) is 0 Å². The summed E-state index contributed by atoms with van der Waals surface area (Å²) in [7, 11) is 0. The summed E-state index contributed by atoms with van der Waals surface area (Å²) < 4.78 is 40.2. The van der Waals surface area contributed by atoms with Gasteiger partial charge in [0.2, 0.25) is 0 Å². The standard InChI is InChI=1S/C13H8BrF3N2O2/c14-8-1-2-12(19(20)21)7(3-8)6-18-11-5-9(15)4-10(16)13(11)17/h1-5,18H,6H2. The van der Waals surface area contributed by atoms with Gasteiger partial charge in [-0.2, -0.15) is 0 Å². The molecule has 0 bridgehead atoms. The number of anilines is 1. The molecule has 1 N–H and O–H groups in total. The minimum Gasteiger partial charge on any atom is -0.378 e. The molecule has 0 saturated heterocycles. The number of rotatable bonds is 4. The van der Waals surface area contributed by atoms with Crippen LogP contribution in [0.15, 0.2) is 34.8 Å². The predicted octanol–water partition coefficient (Wildman–Crippen LogP) is 4.39. The van der Waals surface area contributed by atoms with Gasteiger partial charge >= 0.3 is 0 Å². The minimum absolute atomic E-state index is 0.157. The average molecular weight is 361 g/mol. The van der Waals surface area contributed by atoms with Crippen LogP contribution in [0.4, 0.5) is 24.5 Å². The molecule has 2 rings (SSSR count). The van der Waals surface area contributed by atoms with Gasteiger partial charge in [0.1, 0.15) is 5.82 Å². The Morgan fingerprint density at radius 2 is 1.90 bits per heavy atom. The van der Waals surface area contributed by atoms with Crippen molar-refractivity contribution in [1.82, 2.24) is 0 Å². The van der Waals surface area contributed by atoms with E-state index in [9.17, 15) is 23.3 Å². The highest BCUT2D eigenvalue weighted by molar-refractivity contribution is 9.10. The fourth-order valence-electron chi connectivity index (χ4n) is 1.75. The summed E-state index contributed by atoms with van der Waals surface area (Å²) in [6.07, 6.45) is 0. The maximum atomic E-state index is 13.5. The van der Waals surface area contributed by atoms with E-state index in [1.807, 2.05) is 0 Å². The van der Waals surface area contributed by atoms with Crippen LogP contribution in [0, 0.1) is 27.6 Å². The third kappa shape index (κ3) is 3.52. The molecular weight excluding hydrogens is 353 g/mol. The third-order valence-corrected chi connectivity index (χ3v) is 3.19. The first kappa shape index (κ1) is 15.3. The van der Waals surface area contributed by atoms with Gasteiger partial charge in [0.15, 0.2) is 11.6 Å². The van der Waals surface area contributed by atoms with Crippen molar-refractivity contribution in [2.24, 2.45) is 0 Å². The fourth-order valence-corrected chi connectivity index (χ4v) is 2.16. The quantitative estimate of drug-likeness (QED) is 0.499. The third-order valence-electron chi connectivity index (χ3n) is 2.70. The Balaban J connectivity index is 2.28. The van der Waals surface area contributed by atoms with Crippen LogP contribution in [0.5, 0.6) is 0 Å². The summed E-state index contributed by atoms with van der Waals surface area (Å²) in [5.74, 6) is -3.52. The van der Waals surface area contributed by atoms with Crippen LogP contribution < -0.4 is 5.32 Å². The Morgan fingerprint density at radius 3 is 2.57 bits per heavy atom. The lowest BCUT2D eigenvalue weighted by molar-refractivity contribution is -0.385. The number of hydrogen-bond acceptors (Lipinski definition) is 3. The van der Waals surface area contributed by atoms with Gasteiger partial charge in [-0.05, 0) is 12.1 Å².